The van der Waals surface area contributed by atoms with Crippen LogP contribution in [-0.2, 0) is 19.1 Å². The summed E-state index contributed by atoms with van der Waals surface area (Å²) in [6, 6.07) is 0. The maximum Gasteiger partial charge on any atom is 0.325 e. The molecule has 6 nitrogen and oxygen atoms in total. The summed E-state index contributed by atoms with van der Waals surface area (Å²) >= 11 is 0. The molecule has 2 atom stereocenters. The maximum absolute atomic E-state index is 11.9. The zero-order valence-electron chi connectivity index (χ0n) is 12.5. The summed E-state index contributed by atoms with van der Waals surface area (Å²) in [7, 11) is 0. The van der Waals surface area contributed by atoms with Crippen molar-refractivity contribution in [1.82, 2.24) is 10.2 Å². The fourth-order valence-corrected chi connectivity index (χ4v) is 2.01. The molecule has 1 aliphatic carbocycles. The molecule has 0 heterocycles. The number of ether oxygens (including phenoxy) is 1. The van der Waals surface area contributed by atoms with Crippen LogP contribution < -0.4 is 5.32 Å². The molecule has 0 aromatic rings. The number of rotatable bonds is 8. The Kier molecular flexibility index (Phi) is 6.48. The van der Waals surface area contributed by atoms with E-state index in [4.69, 9.17) is 4.74 Å². The topological polar surface area (TPSA) is 75.7 Å². The lowest BCUT2D eigenvalue weighted by Crippen LogP contribution is -2.38. The molecular weight excluding hydrogens is 260 g/mol. The van der Waals surface area contributed by atoms with Crippen molar-refractivity contribution >= 4 is 17.8 Å². The Labute approximate surface area is 119 Å². The normalized spacial score (nSPS) is 20.1. The molecule has 6 heteroatoms. The summed E-state index contributed by atoms with van der Waals surface area (Å²) in [6.07, 6.45) is 1.14. The molecule has 1 aliphatic rings. The van der Waals surface area contributed by atoms with Crippen molar-refractivity contribution in [3.8, 4) is 0 Å². The van der Waals surface area contributed by atoms with E-state index in [1.54, 1.807) is 6.92 Å². The van der Waals surface area contributed by atoms with Gasteiger partial charge in [-0.2, -0.15) is 0 Å². The smallest absolute Gasteiger partial charge is 0.325 e. The Hall–Kier alpha value is -1.59. The Morgan fingerprint density at radius 1 is 1.30 bits per heavy atom. The quantitative estimate of drug-likeness (QED) is 0.661. The highest BCUT2D eigenvalue weighted by Crippen LogP contribution is 2.37. The Morgan fingerprint density at radius 2 is 1.95 bits per heavy atom. The van der Waals surface area contributed by atoms with Crippen LogP contribution in [0, 0.1) is 11.8 Å². The number of hydrogen-bond donors (Lipinski definition) is 1. The van der Waals surface area contributed by atoms with Gasteiger partial charge in [0, 0.05) is 25.4 Å². The molecule has 20 heavy (non-hydrogen) atoms. The molecule has 0 saturated heterocycles. The van der Waals surface area contributed by atoms with Crippen LogP contribution >= 0.6 is 0 Å². The minimum atomic E-state index is -0.404. The fourth-order valence-electron chi connectivity index (χ4n) is 2.01. The molecular formula is C14H24N2O4. The number of carbonyl (C=O) groups is 3. The lowest BCUT2D eigenvalue weighted by molar-refractivity contribution is -0.148. The number of esters is 1. The van der Waals surface area contributed by atoms with Crippen molar-refractivity contribution in [2.24, 2.45) is 11.8 Å². The van der Waals surface area contributed by atoms with E-state index >= 15 is 0 Å². The predicted octanol–water partition coefficient (Wildman–Crippen LogP) is 0.560. The fraction of sp³-hybridized carbons (Fsp3) is 0.786. The van der Waals surface area contributed by atoms with E-state index in [1.165, 1.54) is 4.90 Å². The molecule has 1 N–H and O–H groups in total. The van der Waals surface area contributed by atoms with Gasteiger partial charge in [0.1, 0.15) is 6.54 Å². The molecule has 0 spiro atoms. The largest absolute Gasteiger partial charge is 0.465 e. The van der Waals surface area contributed by atoms with Gasteiger partial charge < -0.3 is 15.0 Å². The van der Waals surface area contributed by atoms with Gasteiger partial charge in [0.05, 0.1) is 6.61 Å². The van der Waals surface area contributed by atoms with Crippen LogP contribution in [0.15, 0.2) is 0 Å². The first-order chi connectivity index (χ1) is 9.49. The highest BCUT2D eigenvalue weighted by Gasteiger charge is 2.38. The van der Waals surface area contributed by atoms with Crippen LogP contribution in [-0.4, -0.2) is 48.9 Å². The van der Waals surface area contributed by atoms with Crippen molar-refractivity contribution in [3.05, 3.63) is 0 Å². The third-order valence-electron chi connectivity index (χ3n) is 3.44. The second kappa shape index (κ2) is 7.87. The minimum Gasteiger partial charge on any atom is -0.465 e. The van der Waals surface area contributed by atoms with Gasteiger partial charge in [-0.1, -0.05) is 6.92 Å². The summed E-state index contributed by atoms with van der Waals surface area (Å²) in [5, 5.41) is 2.76. The van der Waals surface area contributed by atoms with Crippen molar-refractivity contribution in [3.63, 3.8) is 0 Å². The summed E-state index contributed by atoms with van der Waals surface area (Å²) in [4.78, 5) is 36.3. The zero-order chi connectivity index (χ0) is 15.1. The van der Waals surface area contributed by atoms with Gasteiger partial charge in [0.15, 0.2) is 0 Å². The average Bonchev–Trinajstić information content (AvgIpc) is 3.13. The number of nitrogens with zero attached hydrogens (tertiary/aromatic N) is 1. The monoisotopic (exact) mass is 284 g/mol. The molecule has 2 amide bonds. The molecule has 0 aromatic carbocycles. The molecule has 0 aliphatic heterocycles. The second-order valence-corrected chi connectivity index (χ2v) is 5.07. The van der Waals surface area contributed by atoms with Gasteiger partial charge in [-0.15, -0.1) is 0 Å². The summed E-state index contributed by atoms with van der Waals surface area (Å²) < 4.78 is 4.82. The van der Waals surface area contributed by atoms with Gasteiger partial charge in [-0.25, -0.2) is 0 Å². The van der Waals surface area contributed by atoms with Crippen LogP contribution in [0.2, 0.25) is 0 Å². The molecule has 114 valence electrons. The zero-order valence-corrected chi connectivity index (χ0v) is 12.5. The Morgan fingerprint density at radius 3 is 2.45 bits per heavy atom. The average molecular weight is 284 g/mol. The summed E-state index contributed by atoms with van der Waals surface area (Å²) in [5.74, 6) is 0.0514. The van der Waals surface area contributed by atoms with Gasteiger partial charge in [-0.3, -0.25) is 14.4 Å². The van der Waals surface area contributed by atoms with E-state index in [1.807, 2.05) is 13.8 Å². The highest BCUT2D eigenvalue weighted by molar-refractivity contribution is 5.84. The molecule has 1 saturated carbocycles. The van der Waals surface area contributed by atoms with Crippen LogP contribution in [0.5, 0.6) is 0 Å². The molecule has 0 aromatic heterocycles. The number of hydrogen-bond acceptors (Lipinski definition) is 4. The van der Waals surface area contributed by atoms with Crippen LogP contribution in [0.4, 0.5) is 0 Å². The van der Waals surface area contributed by atoms with E-state index in [9.17, 15) is 14.4 Å². The second-order valence-electron chi connectivity index (χ2n) is 5.07. The van der Waals surface area contributed by atoms with E-state index in [-0.39, 0.29) is 30.7 Å². The number of nitrogens with one attached hydrogen (secondary N) is 1. The van der Waals surface area contributed by atoms with Gasteiger partial charge in [0.2, 0.25) is 11.8 Å². The van der Waals surface area contributed by atoms with E-state index in [0.717, 1.165) is 6.42 Å². The van der Waals surface area contributed by atoms with E-state index in [2.05, 4.69) is 5.32 Å². The lowest BCUT2D eigenvalue weighted by Gasteiger charge is -2.19. The Bertz CT molecular complexity index is 370. The van der Waals surface area contributed by atoms with Crippen LogP contribution in [0.1, 0.15) is 33.6 Å². The van der Waals surface area contributed by atoms with Crippen molar-refractivity contribution in [1.29, 1.82) is 0 Å². The van der Waals surface area contributed by atoms with Gasteiger partial charge >= 0.3 is 5.97 Å². The van der Waals surface area contributed by atoms with E-state index in [0.29, 0.717) is 25.6 Å². The van der Waals surface area contributed by atoms with Crippen molar-refractivity contribution in [2.45, 2.75) is 33.6 Å². The van der Waals surface area contributed by atoms with Crippen molar-refractivity contribution < 1.29 is 19.1 Å². The number of carbonyl (C=O) groups excluding carboxylic acids is 3. The first kappa shape index (κ1) is 16.5. The molecule has 2 unspecified atom stereocenters. The summed E-state index contributed by atoms with van der Waals surface area (Å²) in [5.41, 5.74) is 0. The molecule has 0 radical (unpaired) electrons. The molecule has 0 bridgehead atoms. The molecule has 1 rings (SSSR count). The standard InChI is InChI=1S/C14H24N2O4/c1-4-16(9-13(18)20-5-2)12(17)6-7-15-14(19)11-8-10(11)3/h10-11H,4-9H2,1-3H3,(H,15,19). The summed E-state index contributed by atoms with van der Waals surface area (Å²) in [6.45, 7) is 6.61. The SMILES string of the molecule is CCOC(=O)CN(CC)C(=O)CCNC(=O)C1CC1C. The lowest BCUT2D eigenvalue weighted by atomic mass is 10.3. The third kappa shape index (κ3) is 5.19. The van der Waals surface area contributed by atoms with Crippen molar-refractivity contribution in [2.75, 3.05) is 26.2 Å². The van der Waals surface area contributed by atoms with Gasteiger partial charge in [-0.05, 0) is 26.2 Å². The molecule has 1 fully saturated rings. The predicted molar refractivity (Wildman–Crippen MR) is 73.8 cm³/mol. The first-order valence-electron chi connectivity index (χ1n) is 7.20. The van der Waals surface area contributed by atoms with Crippen LogP contribution in [0.25, 0.3) is 0 Å². The number of amides is 2. The minimum absolute atomic E-state index is 0.0266. The Balaban J connectivity index is 2.25. The number of likely N-dealkylation sites (N-methyl/N-ethyl adjacent to an activating group) is 1. The van der Waals surface area contributed by atoms with Crippen LogP contribution in [0.3, 0.4) is 0 Å². The van der Waals surface area contributed by atoms with E-state index < -0.39 is 5.97 Å². The highest BCUT2D eigenvalue weighted by atomic mass is 16.5. The maximum atomic E-state index is 11.9. The third-order valence-corrected chi connectivity index (χ3v) is 3.44. The first-order valence-corrected chi connectivity index (χ1v) is 7.20. The van der Waals surface area contributed by atoms with Gasteiger partial charge in [0.25, 0.3) is 0 Å².